The Labute approximate surface area is 206 Å². The molecule has 2 atom stereocenters. The Bertz CT molecular complexity index is 1430. The molecule has 0 aliphatic heterocycles. The van der Waals surface area contributed by atoms with E-state index in [-0.39, 0.29) is 29.6 Å². The van der Waals surface area contributed by atoms with E-state index in [1.165, 1.54) is 60.3 Å². The van der Waals surface area contributed by atoms with Crippen molar-refractivity contribution in [2.75, 3.05) is 0 Å². The Morgan fingerprint density at radius 1 is 1.11 bits per heavy atom. The second kappa shape index (κ2) is 9.88. The lowest BCUT2D eigenvalue weighted by Crippen LogP contribution is -2.37. The number of nitrogens with zero attached hydrogens (tertiary/aromatic N) is 5. The molecule has 0 bridgehead atoms. The maximum absolute atomic E-state index is 13.8. The minimum absolute atomic E-state index is 0.00663. The van der Waals surface area contributed by atoms with E-state index >= 15 is 0 Å². The number of aliphatic hydroxyl groups excluding tert-OH is 2. The monoisotopic (exact) mass is 525 g/mol. The first kappa shape index (κ1) is 25.6. The van der Waals surface area contributed by atoms with Crippen molar-refractivity contribution in [3.05, 3.63) is 87.7 Å². The molecule has 0 aliphatic carbocycles. The molecule has 4 rings (SSSR count). The normalized spacial score (nSPS) is 13.7. The molecule has 0 amide bonds. The molecule has 36 heavy (non-hydrogen) atoms. The molecule has 2 heterocycles. The lowest BCUT2D eigenvalue weighted by molar-refractivity contribution is -0.207. The van der Waals surface area contributed by atoms with Crippen LogP contribution in [0.1, 0.15) is 24.7 Å². The van der Waals surface area contributed by atoms with Gasteiger partial charge in [-0.25, -0.2) is 18.9 Å². The molecule has 0 spiro atoms. The molecule has 2 unspecified atom stereocenters. The van der Waals surface area contributed by atoms with E-state index in [0.717, 1.165) is 9.13 Å². The van der Waals surface area contributed by atoms with Crippen molar-refractivity contribution in [3.8, 4) is 16.9 Å². The molecule has 2 N–H and O–H groups in total. The van der Waals surface area contributed by atoms with E-state index < -0.39 is 36.4 Å². The van der Waals surface area contributed by atoms with Crippen LogP contribution in [0.2, 0.25) is 5.02 Å². The zero-order valence-corrected chi connectivity index (χ0v) is 19.4. The van der Waals surface area contributed by atoms with Crippen molar-refractivity contribution >= 4 is 11.6 Å². The van der Waals surface area contributed by atoms with Crippen LogP contribution in [0.4, 0.5) is 17.6 Å². The van der Waals surface area contributed by atoms with Crippen molar-refractivity contribution in [2.45, 2.75) is 38.4 Å². The summed E-state index contributed by atoms with van der Waals surface area (Å²) in [5.74, 6) is -0.427. The van der Waals surface area contributed by atoms with Gasteiger partial charge in [0.15, 0.2) is 17.8 Å². The van der Waals surface area contributed by atoms with Crippen molar-refractivity contribution < 1.29 is 27.8 Å². The molecule has 0 fully saturated rings. The number of hydrogen-bond donors (Lipinski definition) is 2. The number of aromatic nitrogens is 5. The summed E-state index contributed by atoms with van der Waals surface area (Å²) in [6, 6.07) is 11.5. The Hall–Kier alpha value is -3.48. The fourth-order valence-corrected chi connectivity index (χ4v) is 3.68. The number of benzene rings is 2. The molecule has 0 aliphatic rings. The second-order valence-electron chi connectivity index (χ2n) is 8.05. The maximum Gasteiger partial charge on any atom is 0.416 e. The first-order valence-corrected chi connectivity index (χ1v) is 11.0. The fourth-order valence-electron chi connectivity index (χ4n) is 3.56. The van der Waals surface area contributed by atoms with Crippen LogP contribution < -0.4 is 5.69 Å². The average Bonchev–Trinajstić information content (AvgIpc) is 3.36. The van der Waals surface area contributed by atoms with Crippen molar-refractivity contribution in [1.82, 2.24) is 23.9 Å². The van der Waals surface area contributed by atoms with Crippen molar-refractivity contribution in [1.29, 1.82) is 0 Å². The van der Waals surface area contributed by atoms with Gasteiger partial charge in [-0.05, 0) is 42.8 Å². The standard InChI is InChI=1S/C23H20ClF4N5O3/c1-13(34)21-29-20(33(30-21)17-4-2-3-16(25)9-17)12-31-10-18(14-5-7-15(24)8-6-14)32(22(31)36)11-19(35)23(26,27)28/h2-10,13,19,34-35H,11-12H2,1H3. The molecule has 190 valence electrons. The third-order valence-corrected chi connectivity index (χ3v) is 5.60. The van der Waals surface area contributed by atoms with Crippen LogP contribution in [0, 0.1) is 5.82 Å². The summed E-state index contributed by atoms with van der Waals surface area (Å²) in [7, 11) is 0. The lowest BCUT2D eigenvalue weighted by Gasteiger charge is -2.16. The van der Waals surface area contributed by atoms with Gasteiger partial charge in [-0.1, -0.05) is 29.8 Å². The van der Waals surface area contributed by atoms with E-state index in [1.807, 2.05) is 0 Å². The van der Waals surface area contributed by atoms with Crippen molar-refractivity contribution in [3.63, 3.8) is 0 Å². The minimum atomic E-state index is -4.94. The molecule has 0 saturated heterocycles. The number of rotatable bonds is 7. The Morgan fingerprint density at radius 2 is 1.81 bits per heavy atom. The molecule has 2 aromatic carbocycles. The topological polar surface area (TPSA) is 98.1 Å². The Kier molecular flexibility index (Phi) is 7.03. The summed E-state index contributed by atoms with van der Waals surface area (Å²) in [5.41, 5.74) is -0.0913. The van der Waals surface area contributed by atoms with Gasteiger partial charge >= 0.3 is 11.9 Å². The van der Waals surface area contributed by atoms with Crippen LogP contribution in [0.5, 0.6) is 0 Å². The summed E-state index contributed by atoms with van der Waals surface area (Å²) in [6.07, 6.45) is -7.48. The van der Waals surface area contributed by atoms with Gasteiger partial charge in [-0.2, -0.15) is 13.2 Å². The van der Waals surface area contributed by atoms with Gasteiger partial charge in [0.2, 0.25) is 0 Å². The third-order valence-electron chi connectivity index (χ3n) is 5.35. The van der Waals surface area contributed by atoms with Crippen molar-refractivity contribution in [2.24, 2.45) is 0 Å². The molecular formula is C23H20ClF4N5O3. The van der Waals surface area contributed by atoms with Crippen LogP contribution in [-0.2, 0) is 13.1 Å². The van der Waals surface area contributed by atoms with E-state index in [4.69, 9.17) is 11.6 Å². The minimum Gasteiger partial charge on any atom is -0.385 e. The fraction of sp³-hybridized carbons (Fsp3) is 0.261. The van der Waals surface area contributed by atoms with Gasteiger partial charge in [0, 0.05) is 11.2 Å². The first-order valence-electron chi connectivity index (χ1n) is 10.6. The molecule has 8 nitrogen and oxygen atoms in total. The van der Waals surface area contributed by atoms with Gasteiger partial charge in [0.25, 0.3) is 0 Å². The van der Waals surface area contributed by atoms with Gasteiger partial charge in [-0.3, -0.25) is 9.13 Å². The number of hydrogen-bond acceptors (Lipinski definition) is 5. The van der Waals surface area contributed by atoms with Gasteiger partial charge in [0.05, 0.1) is 24.5 Å². The second-order valence-corrected chi connectivity index (χ2v) is 8.49. The van der Waals surface area contributed by atoms with E-state index in [1.54, 1.807) is 6.07 Å². The molecule has 0 radical (unpaired) electrons. The summed E-state index contributed by atoms with van der Waals surface area (Å²) < 4.78 is 56.3. The third kappa shape index (κ3) is 5.35. The highest BCUT2D eigenvalue weighted by Gasteiger charge is 2.39. The van der Waals surface area contributed by atoms with Crippen LogP contribution in [-0.4, -0.2) is 46.4 Å². The largest absolute Gasteiger partial charge is 0.416 e. The SMILES string of the molecule is CC(O)c1nc(Cn2cc(-c3ccc(Cl)cc3)n(CC(O)C(F)(F)F)c2=O)n(-c2cccc(F)c2)n1. The average molecular weight is 526 g/mol. The van der Waals surface area contributed by atoms with Crippen LogP contribution in [0.3, 0.4) is 0 Å². The van der Waals surface area contributed by atoms with Gasteiger partial charge in [-0.15, -0.1) is 5.10 Å². The summed E-state index contributed by atoms with van der Waals surface area (Å²) in [4.78, 5) is 17.4. The predicted octanol–water partition coefficient (Wildman–Crippen LogP) is 3.71. The van der Waals surface area contributed by atoms with E-state index in [2.05, 4.69) is 10.1 Å². The summed E-state index contributed by atoms with van der Waals surface area (Å²) in [5, 5.41) is 24.2. The Morgan fingerprint density at radius 3 is 2.42 bits per heavy atom. The smallest absolute Gasteiger partial charge is 0.385 e. The highest BCUT2D eigenvalue weighted by atomic mass is 35.5. The molecule has 0 saturated carbocycles. The van der Waals surface area contributed by atoms with Crippen LogP contribution in [0.15, 0.2) is 59.5 Å². The van der Waals surface area contributed by atoms with Gasteiger partial charge in [0.1, 0.15) is 11.9 Å². The number of alkyl halides is 3. The zero-order valence-electron chi connectivity index (χ0n) is 18.7. The van der Waals surface area contributed by atoms with Crippen LogP contribution >= 0.6 is 11.6 Å². The highest BCUT2D eigenvalue weighted by Crippen LogP contribution is 2.25. The predicted molar refractivity (Wildman–Crippen MR) is 122 cm³/mol. The summed E-state index contributed by atoms with van der Waals surface area (Å²) in [6.45, 7) is 0.114. The molecule has 13 heteroatoms. The summed E-state index contributed by atoms with van der Waals surface area (Å²) >= 11 is 5.91. The van der Waals surface area contributed by atoms with E-state index in [0.29, 0.717) is 10.6 Å². The zero-order chi connectivity index (χ0) is 26.2. The lowest BCUT2D eigenvalue weighted by atomic mass is 10.1. The molecular weight excluding hydrogens is 506 g/mol. The maximum atomic E-state index is 13.8. The molecule has 2 aromatic heterocycles. The quantitative estimate of drug-likeness (QED) is 0.358. The Balaban J connectivity index is 1.82. The van der Waals surface area contributed by atoms with Crippen LogP contribution in [0.25, 0.3) is 16.9 Å². The van der Waals surface area contributed by atoms with Gasteiger partial charge < -0.3 is 10.2 Å². The highest BCUT2D eigenvalue weighted by molar-refractivity contribution is 6.30. The first-order chi connectivity index (χ1) is 16.9. The number of imidazole rings is 1. The number of aliphatic hydroxyl groups is 2. The molecule has 4 aromatic rings. The number of halogens is 5. The van der Waals surface area contributed by atoms with E-state index in [9.17, 15) is 32.6 Å².